The molecular weight excluding hydrogens is 478 g/mol. The third-order valence-electron chi connectivity index (χ3n) is 7.15. The first-order valence-corrected chi connectivity index (χ1v) is 12.6. The molecule has 0 spiro atoms. The van der Waals surface area contributed by atoms with Crippen molar-refractivity contribution in [2.24, 2.45) is 10.9 Å². The number of esters is 1. The van der Waals surface area contributed by atoms with E-state index in [-0.39, 0.29) is 23.8 Å². The molecule has 4 rings (SSSR count). The highest BCUT2D eigenvalue weighted by atomic mass is 35.5. The number of benzene rings is 2. The minimum atomic E-state index is -0.709. The summed E-state index contributed by atoms with van der Waals surface area (Å²) < 4.78 is 16.6. The normalized spacial score (nSPS) is 22.4. The summed E-state index contributed by atoms with van der Waals surface area (Å²) in [6, 6.07) is 13.1. The molecule has 1 heterocycles. The number of aliphatic imine (C=N–C) groups is 1. The van der Waals surface area contributed by atoms with E-state index in [2.05, 4.69) is 0 Å². The Bertz CT molecular complexity index is 1230. The van der Waals surface area contributed by atoms with Gasteiger partial charge in [-0.15, -0.1) is 0 Å². The Morgan fingerprint density at radius 1 is 1.11 bits per heavy atom. The third-order valence-corrected chi connectivity index (χ3v) is 7.50. The minimum absolute atomic E-state index is 0.0291. The Kier molecular flexibility index (Phi) is 7.84. The van der Waals surface area contributed by atoms with Gasteiger partial charge in [-0.1, -0.05) is 42.8 Å². The number of methoxy groups -OCH3 is 2. The van der Waals surface area contributed by atoms with Gasteiger partial charge < -0.3 is 14.2 Å². The smallest absolute Gasteiger partial charge is 0.315 e. The highest BCUT2D eigenvalue weighted by molar-refractivity contribution is 6.31. The van der Waals surface area contributed by atoms with Crippen molar-refractivity contribution in [3.8, 4) is 11.5 Å². The number of carbonyl (C=O) groups is 2. The molecular formula is C29H32ClNO5. The summed E-state index contributed by atoms with van der Waals surface area (Å²) in [4.78, 5) is 31.9. The quantitative estimate of drug-likeness (QED) is 0.411. The molecule has 7 heteroatoms. The van der Waals surface area contributed by atoms with Gasteiger partial charge in [-0.2, -0.15) is 0 Å². The molecule has 1 aliphatic carbocycles. The van der Waals surface area contributed by atoms with Crippen molar-refractivity contribution in [2.75, 3.05) is 14.2 Å². The molecule has 2 aromatic rings. The number of nitrogens with zero attached hydrogens (tertiary/aromatic N) is 1. The van der Waals surface area contributed by atoms with Crippen LogP contribution in [0.25, 0.3) is 0 Å². The fourth-order valence-corrected chi connectivity index (χ4v) is 5.38. The lowest BCUT2D eigenvalue weighted by Crippen LogP contribution is -2.39. The predicted octanol–water partition coefficient (Wildman–Crippen LogP) is 6.27. The number of hydrogen-bond acceptors (Lipinski definition) is 6. The van der Waals surface area contributed by atoms with Crippen LogP contribution in [0.15, 0.2) is 58.7 Å². The molecule has 0 fully saturated rings. The van der Waals surface area contributed by atoms with Crippen molar-refractivity contribution in [1.29, 1.82) is 0 Å². The zero-order valence-corrected chi connectivity index (χ0v) is 22.1. The first-order chi connectivity index (χ1) is 17.3. The number of allylic oxidation sites excluding steroid dienone is 2. The molecule has 0 radical (unpaired) electrons. The summed E-state index contributed by atoms with van der Waals surface area (Å²) in [7, 11) is 3.19. The average Bonchev–Trinajstić information content (AvgIpc) is 2.87. The summed E-state index contributed by atoms with van der Waals surface area (Å²) in [6.07, 6.45) is 1.34. The molecule has 6 nitrogen and oxygen atoms in total. The number of ketones is 1. The molecule has 0 amide bonds. The first-order valence-electron chi connectivity index (χ1n) is 12.3. The Morgan fingerprint density at radius 3 is 2.50 bits per heavy atom. The second kappa shape index (κ2) is 10.9. The summed E-state index contributed by atoms with van der Waals surface area (Å²) in [5.74, 6) is -0.469. The maximum atomic E-state index is 13.8. The summed E-state index contributed by atoms with van der Waals surface area (Å²) in [6.45, 7) is 5.66. The van der Waals surface area contributed by atoms with Crippen molar-refractivity contribution in [2.45, 2.75) is 58.0 Å². The maximum Gasteiger partial charge on any atom is 0.315 e. The molecule has 2 aliphatic rings. The van der Waals surface area contributed by atoms with Gasteiger partial charge in [0.15, 0.2) is 17.3 Å². The molecule has 0 bridgehead atoms. The van der Waals surface area contributed by atoms with Crippen molar-refractivity contribution in [3.63, 3.8) is 0 Å². The molecule has 2 aromatic carbocycles. The van der Waals surface area contributed by atoms with Crippen LogP contribution in [0.2, 0.25) is 5.02 Å². The molecule has 0 N–H and O–H groups in total. The van der Waals surface area contributed by atoms with E-state index < -0.39 is 11.8 Å². The lowest BCUT2D eigenvalue weighted by Gasteiger charge is -2.37. The highest BCUT2D eigenvalue weighted by Gasteiger charge is 2.45. The van der Waals surface area contributed by atoms with Gasteiger partial charge in [-0.25, -0.2) is 0 Å². The van der Waals surface area contributed by atoms with Gasteiger partial charge in [0.05, 0.1) is 20.3 Å². The van der Waals surface area contributed by atoms with Crippen LogP contribution in [0.5, 0.6) is 11.5 Å². The number of hydrogen-bond donors (Lipinski definition) is 0. The minimum Gasteiger partial charge on any atom is -0.493 e. The second-order valence-electron chi connectivity index (χ2n) is 9.39. The van der Waals surface area contributed by atoms with E-state index >= 15 is 0 Å². The molecule has 190 valence electrons. The van der Waals surface area contributed by atoms with Gasteiger partial charge in [0.2, 0.25) is 0 Å². The van der Waals surface area contributed by atoms with Crippen molar-refractivity contribution >= 4 is 29.1 Å². The molecule has 1 unspecified atom stereocenters. The van der Waals surface area contributed by atoms with E-state index in [4.69, 9.17) is 30.8 Å². The van der Waals surface area contributed by atoms with Crippen LogP contribution in [0.4, 0.5) is 0 Å². The van der Waals surface area contributed by atoms with Crippen LogP contribution in [0.1, 0.15) is 63.0 Å². The second-order valence-corrected chi connectivity index (χ2v) is 9.80. The van der Waals surface area contributed by atoms with Gasteiger partial charge in [0.25, 0.3) is 0 Å². The van der Waals surface area contributed by atoms with E-state index in [9.17, 15) is 9.59 Å². The molecule has 0 aromatic heterocycles. The zero-order chi connectivity index (χ0) is 26.0. The Balaban J connectivity index is 1.78. The molecule has 36 heavy (non-hydrogen) atoms. The summed E-state index contributed by atoms with van der Waals surface area (Å²) in [5, 5.41) is 0.514. The van der Waals surface area contributed by atoms with Crippen LogP contribution in [0.3, 0.4) is 0 Å². The Labute approximate surface area is 217 Å². The first kappa shape index (κ1) is 26.0. The Morgan fingerprint density at radius 2 is 1.83 bits per heavy atom. The van der Waals surface area contributed by atoms with E-state index in [0.717, 1.165) is 11.1 Å². The zero-order valence-electron chi connectivity index (χ0n) is 21.3. The van der Waals surface area contributed by atoms with Crippen molar-refractivity contribution in [3.05, 3.63) is 69.9 Å². The number of carbonyl (C=O) groups excluding carboxylic acids is 2. The topological polar surface area (TPSA) is 74.2 Å². The molecule has 0 saturated carbocycles. The third kappa shape index (κ3) is 4.92. The standard InChI is InChI=1S/C29H32ClNO5/c1-6-16(2)36-29(33)26-17(3)31-22-13-19(18-11-12-24(34-4)25(15-18)35-5)14-23(32)28(22)27(26)20-9-7-8-10-21(20)30/h7-12,15-16,19,26-27H,6,13-14H2,1-5H3/t16-,19+,26?,27+/m0/s1. The van der Waals surface area contributed by atoms with Gasteiger partial charge in [0.1, 0.15) is 5.92 Å². The lowest BCUT2D eigenvalue weighted by molar-refractivity contribution is -0.151. The highest BCUT2D eigenvalue weighted by Crippen LogP contribution is 2.48. The van der Waals surface area contributed by atoms with Gasteiger partial charge >= 0.3 is 5.97 Å². The van der Waals surface area contributed by atoms with Gasteiger partial charge in [-0.05, 0) is 61.9 Å². The van der Waals surface area contributed by atoms with Crippen LogP contribution in [-0.2, 0) is 14.3 Å². The maximum absolute atomic E-state index is 13.8. The van der Waals surface area contributed by atoms with Gasteiger partial charge in [-0.3, -0.25) is 14.6 Å². The number of rotatable bonds is 7. The van der Waals surface area contributed by atoms with Crippen LogP contribution in [-0.4, -0.2) is 37.8 Å². The number of Topliss-reactive ketones (excluding diaryl/α,β-unsaturated/α-hetero) is 1. The monoisotopic (exact) mass is 509 g/mol. The van der Waals surface area contributed by atoms with Crippen LogP contribution >= 0.6 is 11.6 Å². The van der Waals surface area contributed by atoms with Crippen LogP contribution < -0.4 is 9.47 Å². The number of halogens is 1. The van der Waals surface area contributed by atoms with Crippen LogP contribution in [0, 0.1) is 5.92 Å². The molecule has 0 saturated heterocycles. The largest absolute Gasteiger partial charge is 0.493 e. The summed E-state index contributed by atoms with van der Waals surface area (Å²) in [5.41, 5.74) is 3.63. The fourth-order valence-electron chi connectivity index (χ4n) is 5.13. The van der Waals surface area contributed by atoms with Gasteiger partial charge in [0, 0.05) is 34.3 Å². The van der Waals surface area contributed by atoms with E-state index in [1.54, 1.807) is 20.3 Å². The summed E-state index contributed by atoms with van der Waals surface area (Å²) >= 11 is 6.62. The lowest BCUT2D eigenvalue weighted by atomic mass is 9.69. The van der Waals surface area contributed by atoms with Crippen molar-refractivity contribution < 1.29 is 23.8 Å². The van der Waals surface area contributed by atoms with E-state index in [1.807, 2.05) is 57.2 Å². The predicted molar refractivity (Wildman–Crippen MR) is 140 cm³/mol. The number of ether oxygens (including phenoxy) is 3. The molecule has 4 atom stereocenters. The average molecular weight is 510 g/mol. The van der Waals surface area contributed by atoms with Crippen molar-refractivity contribution in [1.82, 2.24) is 0 Å². The van der Waals surface area contributed by atoms with E-state index in [0.29, 0.717) is 52.8 Å². The SMILES string of the molecule is CC[C@H](C)OC(=O)C1C(C)=NC2=C(C(=O)C[C@H](c3ccc(OC)c(OC)c3)C2)[C@@H]1c1ccccc1Cl. The Hall–Kier alpha value is -3.12. The van der Waals surface area contributed by atoms with E-state index in [1.165, 1.54) is 0 Å². The fraction of sp³-hybridized carbons (Fsp3) is 0.414. The molecule has 1 aliphatic heterocycles.